The van der Waals surface area contributed by atoms with E-state index in [4.69, 9.17) is 5.73 Å². The van der Waals surface area contributed by atoms with Crippen LogP contribution in [0.25, 0.3) is 0 Å². The zero-order valence-corrected chi connectivity index (χ0v) is 10.6. The molecule has 4 nitrogen and oxygen atoms in total. The molecule has 3 unspecified atom stereocenters. The molecule has 0 fully saturated rings. The smallest absolute Gasteiger partial charge is 0.220 e. The predicted octanol–water partition coefficient (Wildman–Crippen LogP) is 0.387. The summed E-state index contributed by atoms with van der Waals surface area (Å²) in [5.41, 5.74) is 5.54. The number of nitrogens with one attached hydrogen (secondary N) is 1. The lowest BCUT2D eigenvalue weighted by atomic mass is 10.2. The number of nitrogens with two attached hydrogens (primary N) is 1. The van der Waals surface area contributed by atoms with Gasteiger partial charge in [0.15, 0.2) is 0 Å². The number of rotatable bonds is 7. The Morgan fingerprint density at radius 1 is 1.40 bits per heavy atom. The van der Waals surface area contributed by atoms with Crippen LogP contribution in [0.3, 0.4) is 0 Å². The average Bonchev–Trinajstić information content (AvgIpc) is 2.14. The van der Waals surface area contributed by atoms with Gasteiger partial charge in [-0.2, -0.15) is 0 Å². The van der Waals surface area contributed by atoms with E-state index in [9.17, 15) is 9.00 Å². The van der Waals surface area contributed by atoms with Gasteiger partial charge in [-0.15, -0.1) is 0 Å². The molecule has 0 saturated carbocycles. The van der Waals surface area contributed by atoms with Crippen LogP contribution in [0.1, 0.15) is 33.1 Å². The van der Waals surface area contributed by atoms with Crippen LogP contribution in [0.2, 0.25) is 0 Å². The minimum atomic E-state index is -0.807. The first-order valence-corrected chi connectivity index (χ1v) is 6.90. The van der Waals surface area contributed by atoms with Crippen molar-refractivity contribution in [2.45, 2.75) is 44.4 Å². The van der Waals surface area contributed by atoms with Crippen molar-refractivity contribution in [3.8, 4) is 0 Å². The first-order valence-electron chi connectivity index (χ1n) is 5.28. The molecule has 90 valence electrons. The molecule has 0 saturated heterocycles. The van der Waals surface area contributed by atoms with Crippen LogP contribution in [0.5, 0.6) is 0 Å². The SMILES string of the molecule is CC(N)CCC(=O)NCCC(C)S(C)=O. The van der Waals surface area contributed by atoms with Gasteiger partial charge in [0, 0.05) is 41.3 Å². The maximum atomic E-state index is 11.3. The predicted molar refractivity (Wildman–Crippen MR) is 64.0 cm³/mol. The molecule has 0 rings (SSSR count). The van der Waals surface area contributed by atoms with Crippen molar-refractivity contribution in [2.24, 2.45) is 5.73 Å². The molecule has 0 aromatic carbocycles. The van der Waals surface area contributed by atoms with Crippen molar-refractivity contribution in [3.63, 3.8) is 0 Å². The number of hydrogen-bond acceptors (Lipinski definition) is 3. The van der Waals surface area contributed by atoms with Gasteiger partial charge in [-0.1, -0.05) is 6.92 Å². The van der Waals surface area contributed by atoms with E-state index in [2.05, 4.69) is 5.32 Å². The fourth-order valence-corrected chi connectivity index (χ4v) is 1.48. The third-order valence-corrected chi connectivity index (χ3v) is 3.64. The summed E-state index contributed by atoms with van der Waals surface area (Å²) in [7, 11) is -0.807. The number of hydrogen-bond donors (Lipinski definition) is 2. The molecule has 15 heavy (non-hydrogen) atoms. The molecule has 3 atom stereocenters. The Balaban J connectivity index is 3.51. The molecule has 0 aromatic heterocycles. The summed E-state index contributed by atoms with van der Waals surface area (Å²) in [6.07, 6.45) is 3.62. The van der Waals surface area contributed by atoms with Gasteiger partial charge in [0.05, 0.1) is 0 Å². The number of amides is 1. The lowest BCUT2D eigenvalue weighted by Gasteiger charge is -2.09. The zero-order valence-electron chi connectivity index (χ0n) is 9.79. The van der Waals surface area contributed by atoms with E-state index in [1.165, 1.54) is 0 Å². The molecule has 1 amide bonds. The van der Waals surface area contributed by atoms with Crippen molar-refractivity contribution in [3.05, 3.63) is 0 Å². The highest BCUT2D eigenvalue weighted by atomic mass is 32.2. The molecule has 0 spiro atoms. The van der Waals surface area contributed by atoms with Crippen LogP contribution in [-0.4, -0.2) is 34.2 Å². The quantitative estimate of drug-likeness (QED) is 0.669. The second kappa shape index (κ2) is 7.82. The van der Waals surface area contributed by atoms with Crippen LogP contribution in [0.4, 0.5) is 0 Å². The molecule has 0 aromatic rings. The van der Waals surface area contributed by atoms with Crippen molar-refractivity contribution in [1.82, 2.24) is 5.32 Å². The maximum absolute atomic E-state index is 11.3. The monoisotopic (exact) mass is 234 g/mol. The Kier molecular flexibility index (Phi) is 7.60. The van der Waals surface area contributed by atoms with E-state index in [-0.39, 0.29) is 17.2 Å². The molecular weight excluding hydrogens is 212 g/mol. The summed E-state index contributed by atoms with van der Waals surface area (Å²) in [4.78, 5) is 11.3. The third-order valence-electron chi connectivity index (χ3n) is 2.27. The van der Waals surface area contributed by atoms with Crippen LogP contribution in [0, 0.1) is 0 Å². The van der Waals surface area contributed by atoms with Gasteiger partial charge in [0.25, 0.3) is 0 Å². The summed E-state index contributed by atoms with van der Waals surface area (Å²) >= 11 is 0. The molecule has 3 N–H and O–H groups in total. The fraction of sp³-hybridized carbons (Fsp3) is 0.900. The summed E-state index contributed by atoms with van der Waals surface area (Å²) in [6, 6.07) is 0.0674. The molecule has 0 aliphatic carbocycles. The summed E-state index contributed by atoms with van der Waals surface area (Å²) < 4.78 is 11.0. The Labute approximate surface area is 94.4 Å². The molecule has 5 heteroatoms. The van der Waals surface area contributed by atoms with Crippen LogP contribution >= 0.6 is 0 Å². The molecular formula is C10H22N2O2S. The second-order valence-corrected chi connectivity index (χ2v) is 5.77. The van der Waals surface area contributed by atoms with Crippen LogP contribution in [0.15, 0.2) is 0 Å². The van der Waals surface area contributed by atoms with Gasteiger partial charge in [-0.25, -0.2) is 0 Å². The minimum absolute atomic E-state index is 0.0291. The van der Waals surface area contributed by atoms with E-state index in [1.54, 1.807) is 6.26 Å². The van der Waals surface area contributed by atoms with Gasteiger partial charge >= 0.3 is 0 Å². The first-order chi connectivity index (χ1) is 6.93. The molecule has 0 aliphatic heterocycles. The summed E-state index contributed by atoms with van der Waals surface area (Å²) in [6.45, 7) is 4.40. The molecule has 0 heterocycles. The number of carbonyl (C=O) groups is 1. The van der Waals surface area contributed by atoms with Crippen molar-refractivity contribution >= 4 is 16.7 Å². The van der Waals surface area contributed by atoms with Gasteiger partial charge in [0.2, 0.25) is 5.91 Å². The first kappa shape index (κ1) is 14.6. The van der Waals surface area contributed by atoms with E-state index in [0.29, 0.717) is 19.4 Å². The van der Waals surface area contributed by atoms with Gasteiger partial charge < -0.3 is 11.1 Å². The van der Waals surface area contributed by atoms with Gasteiger partial charge in [-0.05, 0) is 19.8 Å². The van der Waals surface area contributed by atoms with Crippen molar-refractivity contribution in [2.75, 3.05) is 12.8 Å². The third kappa shape index (κ3) is 8.57. The Hall–Kier alpha value is -0.420. The Morgan fingerprint density at radius 3 is 2.47 bits per heavy atom. The van der Waals surface area contributed by atoms with Crippen LogP contribution < -0.4 is 11.1 Å². The summed E-state index contributed by atoms with van der Waals surface area (Å²) in [5.74, 6) is 0.0291. The Morgan fingerprint density at radius 2 is 2.00 bits per heavy atom. The highest BCUT2D eigenvalue weighted by Crippen LogP contribution is 1.98. The topological polar surface area (TPSA) is 72.2 Å². The van der Waals surface area contributed by atoms with Crippen molar-refractivity contribution in [1.29, 1.82) is 0 Å². The fourth-order valence-electron chi connectivity index (χ4n) is 1.03. The zero-order chi connectivity index (χ0) is 11.8. The van der Waals surface area contributed by atoms with E-state index in [1.807, 2.05) is 13.8 Å². The average molecular weight is 234 g/mol. The van der Waals surface area contributed by atoms with Gasteiger partial charge in [0.1, 0.15) is 0 Å². The van der Waals surface area contributed by atoms with Gasteiger partial charge in [-0.3, -0.25) is 9.00 Å². The lowest BCUT2D eigenvalue weighted by molar-refractivity contribution is -0.121. The van der Waals surface area contributed by atoms with Crippen molar-refractivity contribution < 1.29 is 9.00 Å². The summed E-state index contributed by atoms with van der Waals surface area (Å²) in [5, 5.41) is 2.93. The number of carbonyl (C=O) groups excluding carboxylic acids is 1. The lowest BCUT2D eigenvalue weighted by Crippen LogP contribution is -2.28. The van der Waals surface area contributed by atoms with E-state index in [0.717, 1.165) is 6.42 Å². The minimum Gasteiger partial charge on any atom is -0.356 e. The molecule has 0 aliphatic rings. The Bertz CT molecular complexity index is 219. The molecule has 0 radical (unpaired) electrons. The van der Waals surface area contributed by atoms with E-state index < -0.39 is 10.8 Å². The highest BCUT2D eigenvalue weighted by Gasteiger charge is 2.07. The largest absolute Gasteiger partial charge is 0.356 e. The highest BCUT2D eigenvalue weighted by molar-refractivity contribution is 7.84. The molecule has 0 bridgehead atoms. The standard InChI is InChI=1S/C10H22N2O2S/c1-8(11)4-5-10(13)12-7-6-9(2)15(3)14/h8-9H,4-7,11H2,1-3H3,(H,12,13). The van der Waals surface area contributed by atoms with Crippen LogP contribution in [-0.2, 0) is 15.6 Å². The normalized spacial score (nSPS) is 16.8. The maximum Gasteiger partial charge on any atom is 0.220 e. The second-order valence-electron chi connectivity index (χ2n) is 3.96. The van der Waals surface area contributed by atoms with E-state index >= 15 is 0 Å².